The number of benzene rings is 1. The molecule has 0 saturated carbocycles. The van der Waals surface area contributed by atoms with Crippen LogP contribution in [0.25, 0.3) is 11.5 Å². The number of aromatic nitrogens is 2. The zero-order valence-electron chi connectivity index (χ0n) is 11.9. The Morgan fingerprint density at radius 2 is 2.25 bits per heavy atom. The molecule has 2 heterocycles. The van der Waals surface area contributed by atoms with E-state index in [4.69, 9.17) is 9.26 Å². The molecule has 1 aliphatic heterocycles. The second kappa shape index (κ2) is 5.73. The van der Waals surface area contributed by atoms with Gasteiger partial charge in [-0.25, -0.2) is 0 Å². The van der Waals surface area contributed by atoms with Crippen molar-refractivity contribution in [3.63, 3.8) is 0 Å². The molecule has 1 aliphatic rings. The fourth-order valence-corrected chi connectivity index (χ4v) is 2.42. The minimum atomic E-state index is 0.275. The average Bonchev–Trinajstić information content (AvgIpc) is 3.09. The van der Waals surface area contributed by atoms with Gasteiger partial charge in [0.15, 0.2) is 5.82 Å². The van der Waals surface area contributed by atoms with Gasteiger partial charge in [0.2, 0.25) is 0 Å². The van der Waals surface area contributed by atoms with Crippen LogP contribution in [0.3, 0.4) is 0 Å². The quantitative estimate of drug-likeness (QED) is 0.855. The number of hydrogen-bond donors (Lipinski definition) is 0. The zero-order chi connectivity index (χ0) is 13.9. The van der Waals surface area contributed by atoms with Crippen LogP contribution in [0.5, 0.6) is 0 Å². The van der Waals surface area contributed by atoms with Gasteiger partial charge in [0.1, 0.15) is 0 Å². The lowest BCUT2D eigenvalue weighted by molar-refractivity contribution is 0.192. The van der Waals surface area contributed by atoms with Crippen LogP contribution in [-0.4, -0.2) is 42.3 Å². The summed E-state index contributed by atoms with van der Waals surface area (Å²) in [4.78, 5) is 6.64. The molecule has 2 aromatic rings. The third-order valence-electron chi connectivity index (χ3n) is 3.41. The number of nitrogens with zero attached hydrogens (tertiary/aromatic N) is 3. The number of rotatable bonds is 4. The molecule has 0 spiro atoms. The number of ether oxygens (including phenoxy) is 1. The van der Waals surface area contributed by atoms with Crippen molar-refractivity contribution in [3.8, 4) is 11.5 Å². The third kappa shape index (κ3) is 2.89. The standard InChI is InChI=1S/C15H19N3O2/c1-18(2)9-11-4-3-5-12(8-11)15-16-14(17-20-15)13-6-7-19-10-13/h3-5,8,13H,6-7,9-10H2,1-2H3/t13-/m1/s1. The topological polar surface area (TPSA) is 51.4 Å². The van der Waals surface area contributed by atoms with Gasteiger partial charge in [-0.2, -0.15) is 4.98 Å². The Morgan fingerprint density at radius 1 is 1.35 bits per heavy atom. The maximum absolute atomic E-state index is 5.39. The molecule has 0 bridgehead atoms. The van der Waals surface area contributed by atoms with Gasteiger partial charge in [0.25, 0.3) is 5.89 Å². The van der Waals surface area contributed by atoms with Crippen LogP contribution in [0, 0.1) is 0 Å². The molecule has 5 nitrogen and oxygen atoms in total. The first kappa shape index (κ1) is 13.3. The Balaban J connectivity index is 1.81. The molecular formula is C15H19N3O2. The van der Waals surface area contributed by atoms with Crippen molar-refractivity contribution in [2.24, 2.45) is 0 Å². The maximum atomic E-state index is 5.39. The summed E-state index contributed by atoms with van der Waals surface area (Å²) in [5.74, 6) is 1.63. The van der Waals surface area contributed by atoms with Crippen molar-refractivity contribution in [3.05, 3.63) is 35.7 Å². The van der Waals surface area contributed by atoms with Crippen LogP contribution >= 0.6 is 0 Å². The lowest BCUT2D eigenvalue weighted by atomic mass is 10.1. The van der Waals surface area contributed by atoms with Gasteiger partial charge in [-0.3, -0.25) is 0 Å². The van der Waals surface area contributed by atoms with E-state index in [0.717, 1.165) is 31.0 Å². The summed E-state index contributed by atoms with van der Waals surface area (Å²) >= 11 is 0. The highest BCUT2D eigenvalue weighted by molar-refractivity contribution is 5.54. The van der Waals surface area contributed by atoms with E-state index in [0.29, 0.717) is 12.5 Å². The SMILES string of the molecule is CN(C)Cc1cccc(-c2nc([C@@H]3CCOC3)no2)c1. The lowest BCUT2D eigenvalue weighted by Crippen LogP contribution is -2.10. The Labute approximate surface area is 118 Å². The van der Waals surface area contributed by atoms with Crippen LogP contribution in [0.1, 0.15) is 23.7 Å². The molecule has 0 aliphatic carbocycles. The van der Waals surface area contributed by atoms with E-state index in [1.165, 1.54) is 5.56 Å². The van der Waals surface area contributed by atoms with Gasteiger partial charge in [-0.15, -0.1) is 0 Å². The van der Waals surface area contributed by atoms with E-state index in [-0.39, 0.29) is 5.92 Å². The Bertz CT molecular complexity index is 574. The molecule has 106 valence electrons. The van der Waals surface area contributed by atoms with E-state index in [9.17, 15) is 0 Å². The normalized spacial score (nSPS) is 18.9. The van der Waals surface area contributed by atoms with Crippen molar-refractivity contribution >= 4 is 0 Å². The summed E-state index contributed by atoms with van der Waals surface area (Å²) in [5.41, 5.74) is 2.21. The highest BCUT2D eigenvalue weighted by atomic mass is 16.5. The second-order valence-electron chi connectivity index (χ2n) is 5.46. The zero-order valence-corrected chi connectivity index (χ0v) is 11.9. The molecule has 0 radical (unpaired) electrons. The Kier molecular flexibility index (Phi) is 3.80. The fraction of sp³-hybridized carbons (Fsp3) is 0.467. The van der Waals surface area contributed by atoms with Crippen molar-refractivity contribution < 1.29 is 9.26 Å². The lowest BCUT2D eigenvalue weighted by Gasteiger charge is -2.09. The average molecular weight is 273 g/mol. The van der Waals surface area contributed by atoms with Gasteiger partial charge in [-0.05, 0) is 38.2 Å². The molecule has 0 amide bonds. The maximum Gasteiger partial charge on any atom is 0.257 e. The van der Waals surface area contributed by atoms with Crippen molar-refractivity contribution in [1.29, 1.82) is 0 Å². The summed E-state index contributed by atoms with van der Waals surface area (Å²) in [6, 6.07) is 8.23. The molecule has 1 fully saturated rings. The summed E-state index contributed by atoms with van der Waals surface area (Å²) in [6.45, 7) is 2.37. The highest BCUT2D eigenvalue weighted by Gasteiger charge is 2.23. The van der Waals surface area contributed by atoms with E-state index in [2.05, 4.69) is 41.3 Å². The van der Waals surface area contributed by atoms with Crippen LogP contribution in [0.2, 0.25) is 0 Å². The van der Waals surface area contributed by atoms with E-state index in [1.54, 1.807) is 0 Å². The van der Waals surface area contributed by atoms with Gasteiger partial charge in [0, 0.05) is 24.6 Å². The molecule has 0 N–H and O–H groups in total. The molecule has 1 aromatic heterocycles. The summed E-state index contributed by atoms with van der Waals surface area (Å²) in [5, 5.41) is 4.09. The predicted molar refractivity (Wildman–Crippen MR) is 75.3 cm³/mol. The van der Waals surface area contributed by atoms with Crippen LogP contribution in [-0.2, 0) is 11.3 Å². The van der Waals surface area contributed by atoms with Crippen molar-refractivity contribution in [1.82, 2.24) is 15.0 Å². The first-order valence-electron chi connectivity index (χ1n) is 6.88. The van der Waals surface area contributed by atoms with E-state index >= 15 is 0 Å². The van der Waals surface area contributed by atoms with Crippen LogP contribution in [0.15, 0.2) is 28.8 Å². The Morgan fingerprint density at radius 3 is 3.00 bits per heavy atom. The van der Waals surface area contributed by atoms with Gasteiger partial charge in [-0.1, -0.05) is 17.3 Å². The van der Waals surface area contributed by atoms with Crippen molar-refractivity contribution in [2.45, 2.75) is 18.9 Å². The minimum absolute atomic E-state index is 0.275. The minimum Gasteiger partial charge on any atom is -0.381 e. The van der Waals surface area contributed by atoms with E-state index < -0.39 is 0 Å². The van der Waals surface area contributed by atoms with Gasteiger partial charge < -0.3 is 14.2 Å². The van der Waals surface area contributed by atoms with Crippen LogP contribution < -0.4 is 0 Å². The first-order valence-corrected chi connectivity index (χ1v) is 6.88. The number of hydrogen-bond acceptors (Lipinski definition) is 5. The monoisotopic (exact) mass is 273 g/mol. The summed E-state index contributed by atoms with van der Waals surface area (Å²) in [6.07, 6.45) is 0.972. The molecule has 1 aromatic carbocycles. The molecule has 0 unspecified atom stereocenters. The Hall–Kier alpha value is -1.72. The molecule has 3 rings (SSSR count). The highest BCUT2D eigenvalue weighted by Crippen LogP contribution is 2.26. The smallest absolute Gasteiger partial charge is 0.257 e. The summed E-state index contributed by atoms with van der Waals surface area (Å²) < 4.78 is 10.8. The molecule has 5 heteroatoms. The largest absolute Gasteiger partial charge is 0.381 e. The molecule has 1 atom stereocenters. The van der Waals surface area contributed by atoms with E-state index in [1.807, 2.05) is 12.1 Å². The molecular weight excluding hydrogens is 254 g/mol. The van der Waals surface area contributed by atoms with Crippen LogP contribution in [0.4, 0.5) is 0 Å². The molecule has 1 saturated heterocycles. The molecule has 20 heavy (non-hydrogen) atoms. The second-order valence-corrected chi connectivity index (χ2v) is 5.46. The van der Waals surface area contributed by atoms with Crippen molar-refractivity contribution in [2.75, 3.05) is 27.3 Å². The van der Waals surface area contributed by atoms with Gasteiger partial charge in [0.05, 0.1) is 6.61 Å². The predicted octanol–water partition coefficient (Wildman–Crippen LogP) is 2.30. The summed E-state index contributed by atoms with van der Waals surface area (Å²) in [7, 11) is 4.11. The van der Waals surface area contributed by atoms with Gasteiger partial charge >= 0.3 is 0 Å². The third-order valence-corrected chi connectivity index (χ3v) is 3.41. The fourth-order valence-electron chi connectivity index (χ4n) is 2.42. The first-order chi connectivity index (χ1) is 9.72.